The maximum atomic E-state index is 12.8. The summed E-state index contributed by atoms with van der Waals surface area (Å²) in [5.74, 6) is 0.163. The van der Waals surface area contributed by atoms with Gasteiger partial charge < -0.3 is 4.90 Å². The number of alkyl halides is 3. The van der Waals surface area contributed by atoms with E-state index in [2.05, 4.69) is 9.88 Å². The molecule has 0 bridgehead atoms. The molecule has 2 atom stereocenters. The standard InChI is InChI=1S/C21H22F3N3O.ClH/c1-26-12-10-20(19(26)28)9-7-18(27(20)2)17-13-15(8-11-25-17)14-3-5-16(6-4-14)21(22,23)24;/h3-6,8,11,13,18H,7,9-10,12H2,1-2H3;1H/t18-,20+;/m1./s1. The molecule has 1 spiro atoms. The molecule has 2 aliphatic rings. The lowest BCUT2D eigenvalue weighted by Crippen LogP contribution is -2.48. The van der Waals surface area contributed by atoms with Crippen molar-refractivity contribution in [1.29, 1.82) is 0 Å². The van der Waals surface area contributed by atoms with Crippen molar-refractivity contribution >= 4 is 18.3 Å². The summed E-state index contributed by atoms with van der Waals surface area (Å²) in [5, 5.41) is 0. The van der Waals surface area contributed by atoms with Crippen LogP contribution in [0.4, 0.5) is 13.2 Å². The van der Waals surface area contributed by atoms with Crippen molar-refractivity contribution in [2.24, 2.45) is 0 Å². The molecule has 156 valence electrons. The maximum absolute atomic E-state index is 12.8. The summed E-state index contributed by atoms with van der Waals surface area (Å²) in [6, 6.07) is 8.90. The molecule has 1 aromatic heterocycles. The zero-order valence-electron chi connectivity index (χ0n) is 16.2. The Labute approximate surface area is 174 Å². The highest BCUT2D eigenvalue weighted by atomic mass is 35.5. The van der Waals surface area contributed by atoms with Crippen LogP contribution in [0.3, 0.4) is 0 Å². The molecule has 8 heteroatoms. The molecule has 0 radical (unpaired) electrons. The summed E-state index contributed by atoms with van der Waals surface area (Å²) in [5.41, 5.74) is 1.27. The van der Waals surface area contributed by atoms with E-state index in [0.29, 0.717) is 5.56 Å². The quantitative estimate of drug-likeness (QED) is 0.708. The van der Waals surface area contributed by atoms with Crippen LogP contribution in [0.5, 0.6) is 0 Å². The molecule has 3 heterocycles. The number of amides is 1. The first-order valence-electron chi connectivity index (χ1n) is 9.34. The van der Waals surface area contributed by atoms with E-state index in [1.807, 2.05) is 20.2 Å². The number of hydrogen-bond donors (Lipinski definition) is 0. The maximum Gasteiger partial charge on any atom is 0.416 e. The molecule has 4 rings (SSSR count). The van der Waals surface area contributed by atoms with Crippen molar-refractivity contribution in [3.8, 4) is 11.1 Å². The second kappa shape index (κ2) is 7.61. The van der Waals surface area contributed by atoms with E-state index in [4.69, 9.17) is 0 Å². The normalized spacial score (nSPS) is 24.9. The van der Waals surface area contributed by atoms with Gasteiger partial charge in [0.25, 0.3) is 0 Å². The molecule has 29 heavy (non-hydrogen) atoms. The molecule has 2 saturated heterocycles. The predicted molar refractivity (Wildman–Crippen MR) is 107 cm³/mol. The lowest BCUT2D eigenvalue weighted by molar-refractivity contribution is -0.137. The molecule has 1 aromatic carbocycles. The van der Waals surface area contributed by atoms with E-state index in [-0.39, 0.29) is 24.4 Å². The summed E-state index contributed by atoms with van der Waals surface area (Å²) >= 11 is 0. The minimum atomic E-state index is -4.34. The van der Waals surface area contributed by atoms with Crippen LogP contribution in [0, 0.1) is 0 Å². The number of carbonyl (C=O) groups excluding carboxylic acids is 1. The van der Waals surface area contributed by atoms with Crippen molar-refractivity contribution in [2.75, 3.05) is 20.6 Å². The van der Waals surface area contributed by atoms with Crippen molar-refractivity contribution in [3.05, 3.63) is 53.9 Å². The second-order valence-corrected chi connectivity index (χ2v) is 7.72. The molecule has 0 saturated carbocycles. The van der Waals surface area contributed by atoms with Gasteiger partial charge in [-0.05, 0) is 61.7 Å². The van der Waals surface area contributed by atoms with Gasteiger partial charge >= 0.3 is 6.18 Å². The zero-order valence-corrected chi connectivity index (χ0v) is 17.1. The SMILES string of the molecule is CN1CC[C@@]2(CC[C@H](c3cc(-c4ccc(C(F)(F)F)cc4)ccn3)N2C)C1=O.Cl. The number of likely N-dealkylation sites (N-methyl/N-ethyl adjacent to an activating group) is 2. The summed E-state index contributed by atoms with van der Waals surface area (Å²) < 4.78 is 38.4. The number of aromatic nitrogens is 1. The fourth-order valence-electron chi connectivity index (χ4n) is 4.53. The highest BCUT2D eigenvalue weighted by molar-refractivity contribution is 5.88. The van der Waals surface area contributed by atoms with E-state index >= 15 is 0 Å². The van der Waals surface area contributed by atoms with Gasteiger partial charge in [0.15, 0.2) is 0 Å². The van der Waals surface area contributed by atoms with Crippen molar-refractivity contribution in [3.63, 3.8) is 0 Å². The second-order valence-electron chi connectivity index (χ2n) is 7.72. The Hall–Kier alpha value is -2.12. The average Bonchev–Trinajstić information content (AvgIpc) is 3.16. The number of rotatable bonds is 2. The number of carbonyl (C=O) groups is 1. The van der Waals surface area contributed by atoms with Crippen LogP contribution in [0.1, 0.15) is 36.6 Å². The number of pyridine rings is 1. The Morgan fingerprint density at radius 1 is 1.07 bits per heavy atom. The smallest absolute Gasteiger partial charge is 0.344 e. The largest absolute Gasteiger partial charge is 0.416 e. The molecule has 0 N–H and O–H groups in total. The van der Waals surface area contributed by atoms with Crippen LogP contribution < -0.4 is 0 Å². The molecule has 2 aliphatic heterocycles. The Morgan fingerprint density at radius 3 is 2.34 bits per heavy atom. The van der Waals surface area contributed by atoms with E-state index in [9.17, 15) is 18.0 Å². The highest BCUT2D eigenvalue weighted by Crippen LogP contribution is 2.46. The van der Waals surface area contributed by atoms with Gasteiger partial charge in [0.05, 0.1) is 17.3 Å². The average molecular weight is 426 g/mol. The number of benzene rings is 1. The topological polar surface area (TPSA) is 36.4 Å². The van der Waals surface area contributed by atoms with Gasteiger partial charge in [0, 0.05) is 19.8 Å². The highest BCUT2D eigenvalue weighted by Gasteiger charge is 2.54. The Morgan fingerprint density at radius 2 is 1.76 bits per heavy atom. The van der Waals surface area contributed by atoms with Crippen molar-refractivity contribution in [1.82, 2.24) is 14.8 Å². The van der Waals surface area contributed by atoms with Crippen LogP contribution in [0.2, 0.25) is 0 Å². The zero-order chi connectivity index (χ0) is 20.1. The Bertz CT molecular complexity index is 903. The van der Waals surface area contributed by atoms with Crippen LogP contribution in [-0.4, -0.2) is 46.9 Å². The molecule has 4 nitrogen and oxygen atoms in total. The lowest BCUT2D eigenvalue weighted by atomic mass is 9.95. The lowest BCUT2D eigenvalue weighted by Gasteiger charge is -2.33. The third-order valence-corrected chi connectivity index (χ3v) is 6.25. The molecule has 0 aliphatic carbocycles. The fraction of sp³-hybridized carbons (Fsp3) is 0.429. The van der Waals surface area contributed by atoms with Gasteiger partial charge in [-0.3, -0.25) is 14.7 Å². The number of halogens is 4. The first-order chi connectivity index (χ1) is 13.2. The molecule has 2 fully saturated rings. The number of nitrogens with zero attached hydrogens (tertiary/aromatic N) is 3. The van der Waals surface area contributed by atoms with Gasteiger partial charge in [0.1, 0.15) is 5.54 Å². The predicted octanol–water partition coefficient (Wildman–Crippen LogP) is 4.56. The van der Waals surface area contributed by atoms with Crippen LogP contribution in [0.25, 0.3) is 11.1 Å². The number of likely N-dealkylation sites (tertiary alicyclic amines) is 2. The third-order valence-electron chi connectivity index (χ3n) is 6.25. The van der Waals surface area contributed by atoms with Gasteiger partial charge in [0.2, 0.25) is 5.91 Å². The number of hydrogen-bond acceptors (Lipinski definition) is 3. The first-order valence-corrected chi connectivity index (χ1v) is 9.34. The van der Waals surface area contributed by atoms with Crippen molar-refractivity contribution < 1.29 is 18.0 Å². The minimum absolute atomic E-state index is 0. The summed E-state index contributed by atoms with van der Waals surface area (Å²) in [4.78, 5) is 21.1. The Kier molecular flexibility index (Phi) is 5.66. The third kappa shape index (κ3) is 3.62. The van der Waals surface area contributed by atoms with Crippen molar-refractivity contribution in [2.45, 2.75) is 37.0 Å². The van der Waals surface area contributed by atoms with Gasteiger partial charge in [-0.25, -0.2) is 0 Å². The van der Waals surface area contributed by atoms with E-state index in [1.165, 1.54) is 12.1 Å². The monoisotopic (exact) mass is 425 g/mol. The molecule has 2 aromatic rings. The summed E-state index contributed by atoms with van der Waals surface area (Å²) in [7, 11) is 3.81. The minimum Gasteiger partial charge on any atom is -0.344 e. The first kappa shape index (κ1) is 21.6. The van der Waals surface area contributed by atoms with E-state index < -0.39 is 17.3 Å². The van der Waals surface area contributed by atoms with Gasteiger partial charge in [-0.2, -0.15) is 13.2 Å². The summed E-state index contributed by atoms with van der Waals surface area (Å²) in [6.45, 7) is 0.759. The van der Waals surface area contributed by atoms with E-state index in [1.54, 1.807) is 17.2 Å². The van der Waals surface area contributed by atoms with Crippen LogP contribution in [-0.2, 0) is 11.0 Å². The summed E-state index contributed by atoms with van der Waals surface area (Å²) in [6.07, 6.45) is -0.218. The molecular formula is C21H23ClF3N3O. The fourth-order valence-corrected chi connectivity index (χ4v) is 4.53. The molecule has 1 amide bonds. The van der Waals surface area contributed by atoms with Gasteiger partial charge in [-0.1, -0.05) is 12.1 Å². The molecule has 0 unspecified atom stereocenters. The van der Waals surface area contributed by atoms with Crippen LogP contribution >= 0.6 is 12.4 Å². The Balaban J connectivity index is 0.00000240. The van der Waals surface area contributed by atoms with Crippen LogP contribution in [0.15, 0.2) is 42.6 Å². The molecular weight excluding hydrogens is 403 g/mol. The van der Waals surface area contributed by atoms with Gasteiger partial charge in [-0.15, -0.1) is 12.4 Å². The van der Waals surface area contributed by atoms with E-state index in [0.717, 1.165) is 49.2 Å².